The highest BCUT2D eigenvalue weighted by Crippen LogP contribution is 2.24. The first kappa shape index (κ1) is 14.9. The Hall–Kier alpha value is -1.53. The Morgan fingerprint density at radius 1 is 1.35 bits per heavy atom. The Kier molecular flexibility index (Phi) is 5.43. The highest BCUT2D eigenvalue weighted by Gasteiger charge is 2.18. The predicted molar refractivity (Wildman–Crippen MR) is 80.6 cm³/mol. The van der Waals surface area contributed by atoms with Crippen LogP contribution in [0, 0.1) is 17.2 Å². The van der Waals surface area contributed by atoms with Crippen LogP contribution in [0.5, 0.6) is 5.75 Å². The maximum atomic E-state index is 9.13. The highest BCUT2D eigenvalue weighted by molar-refractivity contribution is 5.45. The molecule has 0 atom stereocenters. The van der Waals surface area contributed by atoms with E-state index in [0.29, 0.717) is 11.3 Å². The second-order valence-corrected chi connectivity index (χ2v) is 5.65. The van der Waals surface area contributed by atoms with Gasteiger partial charge in [0.1, 0.15) is 11.8 Å². The van der Waals surface area contributed by atoms with Crippen molar-refractivity contribution in [3.05, 3.63) is 29.3 Å². The molecule has 0 aliphatic carbocycles. The number of ether oxygens (including phenoxy) is 1. The van der Waals surface area contributed by atoms with Gasteiger partial charge in [0, 0.05) is 6.54 Å². The molecule has 1 aromatic rings. The summed E-state index contributed by atoms with van der Waals surface area (Å²) in [6.45, 7) is 5.57. The molecule has 0 radical (unpaired) electrons. The highest BCUT2D eigenvalue weighted by atomic mass is 16.5. The van der Waals surface area contributed by atoms with Crippen molar-refractivity contribution in [2.45, 2.75) is 39.2 Å². The van der Waals surface area contributed by atoms with Crippen molar-refractivity contribution in [3.63, 3.8) is 0 Å². The number of benzene rings is 1. The lowest BCUT2D eigenvalue weighted by Crippen LogP contribution is -2.33. The van der Waals surface area contributed by atoms with Crippen molar-refractivity contribution in [2.75, 3.05) is 20.2 Å². The van der Waals surface area contributed by atoms with E-state index in [0.717, 1.165) is 12.5 Å². The van der Waals surface area contributed by atoms with Gasteiger partial charge in [0.05, 0.1) is 12.7 Å². The lowest BCUT2D eigenvalue weighted by molar-refractivity contribution is 0.172. The summed E-state index contributed by atoms with van der Waals surface area (Å²) in [5.74, 6) is 1.58. The normalized spacial score (nSPS) is 16.9. The predicted octanol–water partition coefficient (Wildman–Crippen LogP) is 3.58. The van der Waals surface area contributed by atoms with Gasteiger partial charge in [-0.3, -0.25) is 4.90 Å². The third-order valence-electron chi connectivity index (χ3n) is 4.19. The van der Waals surface area contributed by atoms with Crippen molar-refractivity contribution in [2.24, 2.45) is 5.92 Å². The summed E-state index contributed by atoms with van der Waals surface area (Å²) in [6.07, 6.45) is 5.30. The number of hydrogen-bond donors (Lipinski definition) is 0. The Morgan fingerprint density at radius 3 is 2.70 bits per heavy atom. The molecule has 1 heterocycles. The van der Waals surface area contributed by atoms with Crippen LogP contribution in [-0.2, 0) is 6.54 Å². The van der Waals surface area contributed by atoms with Crippen LogP contribution < -0.4 is 4.74 Å². The van der Waals surface area contributed by atoms with Crippen LogP contribution in [0.4, 0.5) is 0 Å². The minimum Gasteiger partial charge on any atom is -0.495 e. The minimum absolute atomic E-state index is 0.630. The zero-order valence-electron chi connectivity index (χ0n) is 12.6. The third kappa shape index (κ3) is 3.74. The molecule has 3 heteroatoms. The van der Waals surface area contributed by atoms with Gasteiger partial charge < -0.3 is 4.74 Å². The minimum atomic E-state index is 0.630. The van der Waals surface area contributed by atoms with Gasteiger partial charge in [-0.15, -0.1) is 0 Å². The van der Waals surface area contributed by atoms with Crippen LogP contribution in [0.15, 0.2) is 18.2 Å². The van der Waals surface area contributed by atoms with E-state index in [1.54, 1.807) is 7.11 Å². The number of methoxy groups -OCH3 is 1. The largest absolute Gasteiger partial charge is 0.495 e. The molecule has 1 aliphatic rings. The average Bonchev–Trinajstić information content (AvgIpc) is 2.49. The average molecular weight is 272 g/mol. The van der Waals surface area contributed by atoms with E-state index in [2.05, 4.69) is 24.0 Å². The summed E-state index contributed by atoms with van der Waals surface area (Å²) in [5, 5.41) is 9.13. The van der Waals surface area contributed by atoms with Gasteiger partial charge in [0.15, 0.2) is 0 Å². The number of piperidine rings is 1. The van der Waals surface area contributed by atoms with Crippen molar-refractivity contribution in [3.8, 4) is 11.8 Å². The number of rotatable bonds is 5. The molecule has 20 heavy (non-hydrogen) atoms. The molecule has 0 spiro atoms. The monoisotopic (exact) mass is 272 g/mol. The molecule has 0 amide bonds. The van der Waals surface area contributed by atoms with Crippen molar-refractivity contribution >= 4 is 0 Å². The fraction of sp³-hybridized carbons (Fsp3) is 0.588. The molecule has 0 unspecified atom stereocenters. The number of nitriles is 1. The van der Waals surface area contributed by atoms with Gasteiger partial charge in [-0.25, -0.2) is 0 Å². The van der Waals surface area contributed by atoms with Gasteiger partial charge in [0.25, 0.3) is 0 Å². The molecule has 1 aromatic carbocycles. The Morgan fingerprint density at radius 2 is 2.10 bits per heavy atom. The lowest BCUT2D eigenvalue weighted by Gasteiger charge is -2.31. The first-order chi connectivity index (χ1) is 9.76. The van der Waals surface area contributed by atoms with Crippen LogP contribution in [0.3, 0.4) is 0 Å². The summed E-state index contributed by atoms with van der Waals surface area (Å²) < 4.78 is 5.19. The molecule has 108 valence electrons. The second-order valence-electron chi connectivity index (χ2n) is 5.65. The van der Waals surface area contributed by atoms with Gasteiger partial charge >= 0.3 is 0 Å². The summed E-state index contributed by atoms with van der Waals surface area (Å²) >= 11 is 0. The third-order valence-corrected chi connectivity index (χ3v) is 4.19. The van der Waals surface area contributed by atoms with E-state index in [9.17, 15) is 0 Å². The molecular formula is C17H24N2O. The molecule has 0 bridgehead atoms. The van der Waals surface area contributed by atoms with Gasteiger partial charge in [-0.1, -0.05) is 25.8 Å². The Labute approximate surface area is 122 Å². The standard InChI is InChI=1S/C17H24N2O/c1-3-4-14-7-9-19(10-8-14)13-15-5-6-17(20-2)16(11-15)12-18/h5-6,11,14H,3-4,7-10,13H2,1-2H3. The number of likely N-dealkylation sites (tertiary alicyclic amines) is 1. The van der Waals surface area contributed by atoms with Gasteiger partial charge in [-0.05, 0) is 49.5 Å². The molecule has 2 rings (SSSR count). The van der Waals surface area contributed by atoms with E-state index in [-0.39, 0.29) is 0 Å². The van der Waals surface area contributed by atoms with E-state index in [1.165, 1.54) is 44.3 Å². The summed E-state index contributed by atoms with van der Waals surface area (Å²) in [5.41, 5.74) is 1.84. The maximum Gasteiger partial charge on any atom is 0.136 e. The summed E-state index contributed by atoms with van der Waals surface area (Å²) in [6, 6.07) is 8.13. The first-order valence-corrected chi connectivity index (χ1v) is 7.56. The quantitative estimate of drug-likeness (QED) is 0.822. The van der Waals surface area contributed by atoms with Crippen LogP contribution in [0.2, 0.25) is 0 Å². The number of hydrogen-bond acceptors (Lipinski definition) is 3. The zero-order valence-corrected chi connectivity index (χ0v) is 12.6. The van der Waals surface area contributed by atoms with Gasteiger partial charge in [-0.2, -0.15) is 5.26 Å². The van der Waals surface area contributed by atoms with Crippen molar-refractivity contribution in [1.82, 2.24) is 4.90 Å². The Balaban J connectivity index is 1.93. The van der Waals surface area contributed by atoms with Crippen LogP contribution in [-0.4, -0.2) is 25.1 Å². The molecular weight excluding hydrogens is 248 g/mol. The van der Waals surface area contributed by atoms with Crippen molar-refractivity contribution < 1.29 is 4.74 Å². The molecule has 0 saturated carbocycles. The van der Waals surface area contributed by atoms with Gasteiger partial charge in [0.2, 0.25) is 0 Å². The molecule has 1 saturated heterocycles. The summed E-state index contributed by atoms with van der Waals surface area (Å²) in [7, 11) is 1.61. The first-order valence-electron chi connectivity index (χ1n) is 7.56. The SMILES string of the molecule is CCCC1CCN(Cc2ccc(OC)c(C#N)c2)CC1. The number of nitrogens with zero attached hydrogens (tertiary/aromatic N) is 2. The van der Waals surface area contributed by atoms with E-state index in [4.69, 9.17) is 10.00 Å². The fourth-order valence-corrected chi connectivity index (χ4v) is 3.04. The van der Waals surface area contributed by atoms with Crippen LogP contribution in [0.1, 0.15) is 43.7 Å². The molecule has 3 nitrogen and oxygen atoms in total. The second kappa shape index (κ2) is 7.31. The van der Waals surface area contributed by atoms with E-state index >= 15 is 0 Å². The van der Waals surface area contributed by atoms with Crippen LogP contribution >= 0.6 is 0 Å². The maximum absolute atomic E-state index is 9.13. The molecule has 1 aliphatic heterocycles. The topological polar surface area (TPSA) is 36.3 Å². The fourth-order valence-electron chi connectivity index (χ4n) is 3.04. The Bertz CT molecular complexity index is 470. The van der Waals surface area contributed by atoms with Crippen LogP contribution in [0.25, 0.3) is 0 Å². The zero-order chi connectivity index (χ0) is 14.4. The van der Waals surface area contributed by atoms with Crippen molar-refractivity contribution in [1.29, 1.82) is 5.26 Å². The van der Waals surface area contributed by atoms with E-state index in [1.807, 2.05) is 12.1 Å². The smallest absolute Gasteiger partial charge is 0.136 e. The van der Waals surface area contributed by atoms with E-state index < -0.39 is 0 Å². The molecule has 1 fully saturated rings. The lowest BCUT2D eigenvalue weighted by atomic mass is 9.92. The summed E-state index contributed by atoms with van der Waals surface area (Å²) in [4.78, 5) is 2.50. The molecule has 0 aromatic heterocycles. The molecule has 0 N–H and O–H groups in total.